The molecule has 5 nitrogen and oxygen atoms in total. The number of rotatable bonds is 5. The third-order valence-corrected chi connectivity index (χ3v) is 2.72. The van der Waals surface area contributed by atoms with Gasteiger partial charge >= 0.3 is 5.97 Å². The Morgan fingerprint density at radius 1 is 1.44 bits per heavy atom. The summed E-state index contributed by atoms with van der Waals surface area (Å²) in [6.07, 6.45) is 1.75. The van der Waals surface area contributed by atoms with E-state index < -0.39 is 0 Å². The Balaban J connectivity index is 2.51. The van der Waals surface area contributed by atoms with E-state index in [1.54, 1.807) is 32.3 Å². The Labute approximate surface area is 114 Å². The van der Waals surface area contributed by atoms with Crippen molar-refractivity contribution in [3.63, 3.8) is 0 Å². The summed E-state index contributed by atoms with van der Waals surface area (Å²) in [4.78, 5) is 28.6. The van der Waals surface area contributed by atoms with Crippen molar-refractivity contribution in [2.24, 2.45) is 0 Å². The summed E-state index contributed by atoms with van der Waals surface area (Å²) in [5.74, 6) is -0.521. The van der Waals surface area contributed by atoms with Gasteiger partial charge in [0.1, 0.15) is 5.69 Å². The molecule has 0 atom stereocenters. The Kier molecular flexibility index (Phi) is 5.77. The maximum absolute atomic E-state index is 11.9. The summed E-state index contributed by atoms with van der Waals surface area (Å²) in [6, 6.07) is 3.38. The lowest BCUT2D eigenvalue weighted by atomic mass is 10.3. The van der Waals surface area contributed by atoms with Gasteiger partial charge in [0.15, 0.2) is 0 Å². The molecule has 0 saturated carbocycles. The third kappa shape index (κ3) is 4.44. The second-order valence-corrected chi connectivity index (χ2v) is 4.56. The number of halogens is 1. The molecule has 0 unspecified atom stereocenters. The maximum Gasteiger partial charge on any atom is 0.307 e. The predicted octanol–water partition coefficient (Wildman–Crippen LogP) is 1.87. The van der Waals surface area contributed by atoms with E-state index in [9.17, 15) is 9.59 Å². The van der Waals surface area contributed by atoms with Gasteiger partial charge in [-0.2, -0.15) is 0 Å². The van der Waals surface area contributed by atoms with Gasteiger partial charge in [0.05, 0.1) is 13.0 Å². The van der Waals surface area contributed by atoms with Gasteiger partial charge in [0.2, 0.25) is 0 Å². The number of carbonyl (C=O) groups excluding carboxylic acids is 2. The minimum absolute atomic E-state index is 0.187. The van der Waals surface area contributed by atoms with Crippen LogP contribution in [0.2, 0.25) is 0 Å². The average molecular weight is 315 g/mol. The molecule has 1 rings (SSSR count). The van der Waals surface area contributed by atoms with Crippen molar-refractivity contribution in [3.8, 4) is 0 Å². The summed E-state index contributed by atoms with van der Waals surface area (Å²) in [5.41, 5.74) is 0.351. The van der Waals surface area contributed by atoms with E-state index in [-0.39, 0.29) is 18.3 Å². The number of nitrogens with zero attached hydrogens (tertiary/aromatic N) is 2. The summed E-state index contributed by atoms with van der Waals surface area (Å²) in [7, 11) is 1.63. The first-order valence-electron chi connectivity index (χ1n) is 5.57. The summed E-state index contributed by atoms with van der Waals surface area (Å²) >= 11 is 3.25. The molecule has 0 aliphatic rings. The number of ether oxygens (including phenoxy) is 1. The zero-order chi connectivity index (χ0) is 13.5. The Morgan fingerprint density at radius 2 is 2.17 bits per heavy atom. The van der Waals surface area contributed by atoms with Gasteiger partial charge in [-0.05, 0) is 35.0 Å². The highest BCUT2D eigenvalue weighted by Crippen LogP contribution is 2.09. The number of hydrogen-bond donors (Lipinski definition) is 0. The van der Waals surface area contributed by atoms with Crippen LogP contribution >= 0.6 is 15.9 Å². The molecule has 1 aromatic heterocycles. The van der Waals surface area contributed by atoms with Crippen molar-refractivity contribution in [2.75, 3.05) is 20.2 Å². The van der Waals surface area contributed by atoms with Crippen molar-refractivity contribution >= 4 is 27.8 Å². The molecule has 1 aromatic rings. The van der Waals surface area contributed by atoms with Crippen LogP contribution in [0, 0.1) is 0 Å². The number of esters is 1. The number of aromatic nitrogens is 1. The Bertz CT molecular complexity index is 420. The lowest BCUT2D eigenvalue weighted by molar-refractivity contribution is -0.143. The minimum atomic E-state index is -0.305. The van der Waals surface area contributed by atoms with E-state index in [1.807, 2.05) is 0 Å². The van der Waals surface area contributed by atoms with Gasteiger partial charge < -0.3 is 9.64 Å². The van der Waals surface area contributed by atoms with E-state index in [0.717, 1.165) is 4.47 Å². The predicted molar refractivity (Wildman–Crippen MR) is 70.1 cm³/mol. The molecule has 1 heterocycles. The molecule has 1 amide bonds. The van der Waals surface area contributed by atoms with Crippen LogP contribution < -0.4 is 0 Å². The normalized spacial score (nSPS) is 9.94. The van der Waals surface area contributed by atoms with Crippen LogP contribution in [0.25, 0.3) is 0 Å². The van der Waals surface area contributed by atoms with Gasteiger partial charge in [-0.15, -0.1) is 0 Å². The highest BCUT2D eigenvalue weighted by molar-refractivity contribution is 9.10. The standard InChI is InChI=1S/C12H15BrN2O3/c1-3-18-11(16)6-7-15(2)12(17)10-5-4-9(13)8-14-10/h4-5,8H,3,6-7H2,1-2H3. The van der Waals surface area contributed by atoms with E-state index in [4.69, 9.17) is 4.74 Å². The lowest BCUT2D eigenvalue weighted by Crippen LogP contribution is -2.30. The van der Waals surface area contributed by atoms with Crippen LogP contribution in [-0.4, -0.2) is 42.0 Å². The summed E-state index contributed by atoms with van der Waals surface area (Å²) < 4.78 is 5.61. The molecule has 0 aromatic carbocycles. The highest BCUT2D eigenvalue weighted by atomic mass is 79.9. The minimum Gasteiger partial charge on any atom is -0.466 e. The van der Waals surface area contributed by atoms with Crippen molar-refractivity contribution < 1.29 is 14.3 Å². The molecule has 6 heteroatoms. The van der Waals surface area contributed by atoms with E-state index in [2.05, 4.69) is 20.9 Å². The molecule has 0 fully saturated rings. The third-order valence-electron chi connectivity index (χ3n) is 2.25. The van der Waals surface area contributed by atoms with Gasteiger partial charge in [-0.25, -0.2) is 4.98 Å². The molecule has 18 heavy (non-hydrogen) atoms. The van der Waals surface area contributed by atoms with E-state index in [1.165, 1.54) is 4.90 Å². The lowest BCUT2D eigenvalue weighted by Gasteiger charge is -2.15. The fourth-order valence-electron chi connectivity index (χ4n) is 1.29. The van der Waals surface area contributed by atoms with E-state index in [0.29, 0.717) is 18.8 Å². The molecule has 0 spiro atoms. The molecule has 0 aliphatic heterocycles. The van der Waals surface area contributed by atoms with Crippen molar-refractivity contribution in [1.82, 2.24) is 9.88 Å². The number of amides is 1. The molecular weight excluding hydrogens is 300 g/mol. The van der Waals surface area contributed by atoms with Gasteiger partial charge in [0.25, 0.3) is 5.91 Å². The second-order valence-electron chi connectivity index (χ2n) is 3.64. The van der Waals surface area contributed by atoms with Crippen LogP contribution in [0.1, 0.15) is 23.8 Å². The summed E-state index contributed by atoms with van der Waals surface area (Å²) in [6.45, 7) is 2.42. The molecule has 0 N–H and O–H groups in total. The fourth-order valence-corrected chi connectivity index (χ4v) is 1.53. The SMILES string of the molecule is CCOC(=O)CCN(C)C(=O)c1ccc(Br)cn1. The number of pyridine rings is 1. The van der Waals surface area contributed by atoms with Crippen LogP contribution in [-0.2, 0) is 9.53 Å². The maximum atomic E-state index is 11.9. The van der Waals surface area contributed by atoms with E-state index >= 15 is 0 Å². The Hall–Kier alpha value is -1.43. The second kappa shape index (κ2) is 7.10. The molecule has 0 bridgehead atoms. The first-order valence-corrected chi connectivity index (χ1v) is 6.36. The Morgan fingerprint density at radius 3 is 2.72 bits per heavy atom. The molecule has 0 radical (unpaired) electrons. The largest absolute Gasteiger partial charge is 0.466 e. The van der Waals surface area contributed by atoms with Gasteiger partial charge in [-0.3, -0.25) is 9.59 Å². The smallest absolute Gasteiger partial charge is 0.307 e. The van der Waals surface area contributed by atoms with Crippen molar-refractivity contribution in [1.29, 1.82) is 0 Å². The van der Waals surface area contributed by atoms with Crippen LogP contribution in [0.3, 0.4) is 0 Å². The summed E-state index contributed by atoms with van der Waals surface area (Å²) in [5, 5.41) is 0. The number of hydrogen-bond acceptors (Lipinski definition) is 4. The average Bonchev–Trinajstić information content (AvgIpc) is 2.36. The van der Waals surface area contributed by atoms with Crippen molar-refractivity contribution in [3.05, 3.63) is 28.5 Å². The number of carbonyl (C=O) groups is 2. The van der Waals surface area contributed by atoms with Crippen molar-refractivity contribution in [2.45, 2.75) is 13.3 Å². The van der Waals surface area contributed by atoms with Crippen LogP contribution in [0.4, 0.5) is 0 Å². The van der Waals surface area contributed by atoms with Crippen LogP contribution in [0.15, 0.2) is 22.8 Å². The highest BCUT2D eigenvalue weighted by Gasteiger charge is 2.14. The fraction of sp³-hybridized carbons (Fsp3) is 0.417. The monoisotopic (exact) mass is 314 g/mol. The topological polar surface area (TPSA) is 59.5 Å². The first kappa shape index (κ1) is 14.6. The quantitative estimate of drug-likeness (QED) is 0.778. The molecule has 0 saturated heterocycles. The molecule has 0 aliphatic carbocycles. The van der Waals surface area contributed by atoms with Gasteiger partial charge in [0, 0.05) is 24.3 Å². The zero-order valence-electron chi connectivity index (χ0n) is 10.4. The van der Waals surface area contributed by atoms with Crippen LogP contribution in [0.5, 0.6) is 0 Å². The van der Waals surface area contributed by atoms with Gasteiger partial charge in [-0.1, -0.05) is 0 Å². The zero-order valence-corrected chi connectivity index (χ0v) is 11.9. The molecular formula is C12H15BrN2O3. The molecule has 98 valence electrons. The first-order chi connectivity index (χ1) is 8.54.